The van der Waals surface area contributed by atoms with Crippen molar-refractivity contribution in [3.63, 3.8) is 0 Å². The van der Waals surface area contributed by atoms with Gasteiger partial charge in [-0.15, -0.1) is 0 Å². The Hall–Kier alpha value is -3.77. The Morgan fingerprint density at radius 1 is 0.688 bits per heavy atom. The first kappa shape index (κ1) is 20.2. The third-order valence-corrected chi connectivity index (χ3v) is 6.66. The van der Waals surface area contributed by atoms with Gasteiger partial charge in [0.15, 0.2) is 0 Å². The molecule has 0 unspecified atom stereocenters. The van der Waals surface area contributed by atoms with Gasteiger partial charge in [0.25, 0.3) is 0 Å². The van der Waals surface area contributed by atoms with E-state index in [1.165, 1.54) is 0 Å². The number of rotatable bonds is 4. The highest BCUT2D eigenvalue weighted by Crippen LogP contribution is 2.53. The Kier molecular flexibility index (Phi) is 5.07. The third kappa shape index (κ3) is 3.48. The molecular formula is C26H23N3O2S. The molecule has 32 heavy (non-hydrogen) atoms. The number of hydrogen-bond donors (Lipinski definition) is 3. The Balaban J connectivity index is 1.75. The zero-order valence-electron chi connectivity index (χ0n) is 17.8. The highest BCUT2D eigenvalue weighted by Gasteiger charge is 2.25. The molecule has 0 radical (unpaired) electrons. The van der Waals surface area contributed by atoms with E-state index in [4.69, 9.17) is 20.9 Å². The lowest BCUT2D eigenvalue weighted by molar-refractivity contribution is 0.414. The van der Waals surface area contributed by atoms with Crippen LogP contribution in [0.5, 0.6) is 11.5 Å². The number of nitrogen functional groups attached to an aromatic ring is 2. The fourth-order valence-electron chi connectivity index (χ4n) is 3.98. The highest BCUT2D eigenvalue weighted by molar-refractivity contribution is 7.99. The molecule has 0 amide bonds. The maximum absolute atomic E-state index is 6.67. The predicted octanol–water partition coefficient (Wildman–Crippen LogP) is 6.41. The van der Waals surface area contributed by atoms with Crippen LogP contribution in [0.4, 0.5) is 22.7 Å². The number of fused-ring (bicyclic) bond motifs is 2. The topological polar surface area (TPSA) is 82.5 Å². The molecule has 6 heteroatoms. The lowest BCUT2D eigenvalue weighted by atomic mass is 9.91. The molecule has 160 valence electrons. The Bertz CT molecular complexity index is 1300. The lowest BCUT2D eigenvalue weighted by Gasteiger charge is -2.27. The predicted molar refractivity (Wildman–Crippen MR) is 133 cm³/mol. The van der Waals surface area contributed by atoms with Crippen LogP contribution in [-0.4, -0.2) is 14.2 Å². The number of benzene rings is 4. The van der Waals surface area contributed by atoms with Crippen LogP contribution in [0.25, 0.3) is 22.3 Å². The molecule has 0 spiro atoms. The van der Waals surface area contributed by atoms with Gasteiger partial charge in [-0.3, -0.25) is 0 Å². The van der Waals surface area contributed by atoms with E-state index in [1.54, 1.807) is 26.0 Å². The van der Waals surface area contributed by atoms with Crippen LogP contribution in [0.15, 0.2) is 82.6 Å². The fourth-order valence-corrected chi connectivity index (χ4v) is 5.08. The van der Waals surface area contributed by atoms with Crippen molar-refractivity contribution in [3.8, 4) is 33.8 Å². The van der Waals surface area contributed by atoms with Crippen molar-refractivity contribution in [3.05, 3.63) is 72.8 Å². The summed E-state index contributed by atoms with van der Waals surface area (Å²) in [6, 6.07) is 24.0. The number of anilines is 4. The summed E-state index contributed by atoms with van der Waals surface area (Å²) in [5.41, 5.74) is 20.3. The quantitative estimate of drug-likeness (QED) is 0.280. The van der Waals surface area contributed by atoms with E-state index in [0.29, 0.717) is 5.69 Å². The first-order valence-electron chi connectivity index (χ1n) is 10.2. The van der Waals surface area contributed by atoms with Gasteiger partial charge >= 0.3 is 0 Å². The van der Waals surface area contributed by atoms with Crippen molar-refractivity contribution in [1.29, 1.82) is 0 Å². The zero-order valence-corrected chi connectivity index (χ0v) is 18.6. The van der Waals surface area contributed by atoms with Gasteiger partial charge in [-0.25, -0.2) is 0 Å². The van der Waals surface area contributed by atoms with E-state index in [0.717, 1.165) is 60.6 Å². The second kappa shape index (κ2) is 8.05. The molecule has 0 bridgehead atoms. The van der Waals surface area contributed by atoms with Crippen LogP contribution >= 0.6 is 11.8 Å². The minimum Gasteiger partial charge on any atom is -0.497 e. The first-order valence-corrected chi connectivity index (χ1v) is 11.0. The summed E-state index contributed by atoms with van der Waals surface area (Å²) < 4.78 is 10.7. The van der Waals surface area contributed by atoms with Crippen molar-refractivity contribution in [2.45, 2.75) is 9.79 Å². The van der Waals surface area contributed by atoms with Gasteiger partial charge in [0.1, 0.15) is 11.5 Å². The van der Waals surface area contributed by atoms with Crippen LogP contribution < -0.4 is 26.3 Å². The van der Waals surface area contributed by atoms with Gasteiger partial charge in [-0.1, -0.05) is 36.0 Å². The molecule has 1 aliphatic rings. The molecule has 5 rings (SSSR count). The first-order chi connectivity index (χ1) is 15.6. The molecule has 0 fully saturated rings. The van der Waals surface area contributed by atoms with Gasteiger partial charge in [-0.05, 0) is 59.7 Å². The molecule has 5 nitrogen and oxygen atoms in total. The van der Waals surface area contributed by atoms with Gasteiger partial charge in [-0.2, -0.15) is 0 Å². The van der Waals surface area contributed by atoms with Gasteiger partial charge in [0, 0.05) is 32.3 Å². The molecule has 0 aliphatic carbocycles. The highest BCUT2D eigenvalue weighted by atomic mass is 32.2. The number of methoxy groups -OCH3 is 2. The summed E-state index contributed by atoms with van der Waals surface area (Å²) in [6.07, 6.45) is 0. The van der Waals surface area contributed by atoms with Crippen molar-refractivity contribution in [2.24, 2.45) is 0 Å². The minimum atomic E-state index is 0.710. The summed E-state index contributed by atoms with van der Waals surface area (Å²) in [5, 5.41) is 3.64. The number of hydrogen-bond acceptors (Lipinski definition) is 6. The molecule has 0 saturated heterocycles. The molecule has 4 aromatic carbocycles. The van der Waals surface area contributed by atoms with E-state index >= 15 is 0 Å². The summed E-state index contributed by atoms with van der Waals surface area (Å²) in [4.78, 5) is 2.14. The minimum absolute atomic E-state index is 0.710. The molecule has 0 atom stereocenters. The molecule has 0 aromatic heterocycles. The molecule has 5 N–H and O–H groups in total. The van der Waals surface area contributed by atoms with Crippen LogP contribution in [0, 0.1) is 0 Å². The molecule has 4 aromatic rings. The zero-order chi connectivity index (χ0) is 22.2. The summed E-state index contributed by atoms with van der Waals surface area (Å²) in [5.74, 6) is 1.61. The summed E-state index contributed by atoms with van der Waals surface area (Å²) in [7, 11) is 3.33. The Labute approximate surface area is 191 Å². The fraction of sp³-hybridized carbons (Fsp3) is 0.0769. The molecule has 0 saturated carbocycles. The summed E-state index contributed by atoms with van der Waals surface area (Å²) >= 11 is 1.67. The maximum Gasteiger partial charge on any atom is 0.118 e. The maximum atomic E-state index is 6.67. The van der Waals surface area contributed by atoms with Crippen LogP contribution in [0.3, 0.4) is 0 Å². The largest absolute Gasteiger partial charge is 0.497 e. The van der Waals surface area contributed by atoms with E-state index in [1.807, 2.05) is 60.7 Å². The van der Waals surface area contributed by atoms with Crippen molar-refractivity contribution >= 4 is 34.5 Å². The molecular weight excluding hydrogens is 418 g/mol. The smallest absolute Gasteiger partial charge is 0.118 e. The summed E-state index contributed by atoms with van der Waals surface area (Å²) in [6.45, 7) is 0. The van der Waals surface area contributed by atoms with Crippen molar-refractivity contribution in [2.75, 3.05) is 31.0 Å². The van der Waals surface area contributed by atoms with Crippen LogP contribution in [0.1, 0.15) is 0 Å². The Morgan fingerprint density at radius 3 is 1.88 bits per heavy atom. The van der Waals surface area contributed by atoms with Crippen molar-refractivity contribution < 1.29 is 9.47 Å². The van der Waals surface area contributed by atoms with E-state index in [9.17, 15) is 0 Å². The Morgan fingerprint density at radius 2 is 1.28 bits per heavy atom. The van der Waals surface area contributed by atoms with Gasteiger partial charge in [0.2, 0.25) is 0 Å². The second-order valence-electron chi connectivity index (χ2n) is 7.53. The monoisotopic (exact) mass is 441 g/mol. The SMILES string of the molecule is COc1ccc(-c2c(N)cc3c(c2-c2ccc(OC)cc2)Nc2ccc(N)cc2S3)cc1. The molecule has 1 aliphatic heterocycles. The number of nitrogens with two attached hydrogens (primary N) is 2. The normalized spacial score (nSPS) is 11.8. The average molecular weight is 442 g/mol. The van der Waals surface area contributed by atoms with Crippen LogP contribution in [-0.2, 0) is 0 Å². The third-order valence-electron chi connectivity index (χ3n) is 5.56. The van der Waals surface area contributed by atoms with E-state index < -0.39 is 0 Å². The standard InChI is InChI=1S/C26H23N3O2S/c1-30-18-8-3-15(4-9-18)24-20(28)14-23-26(25(24)16-5-10-19(31-2)11-6-16)29-21-12-7-17(27)13-22(21)32-23/h3-14,29H,27-28H2,1-2H3. The van der Waals surface area contributed by atoms with Crippen molar-refractivity contribution in [1.82, 2.24) is 0 Å². The number of nitrogens with one attached hydrogen (secondary N) is 1. The second-order valence-corrected chi connectivity index (χ2v) is 8.61. The van der Waals surface area contributed by atoms with Gasteiger partial charge < -0.3 is 26.3 Å². The van der Waals surface area contributed by atoms with E-state index in [-0.39, 0.29) is 0 Å². The van der Waals surface area contributed by atoms with E-state index in [2.05, 4.69) is 17.4 Å². The average Bonchev–Trinajstić information content (AvgIpc) is 2.82. The van der Waals surface area contributed by atoms with Gasteiger partial charge in [0.05, 0.1) is 25.6 Å². The van der Waals surface area contributed by atoms with Crippen LogP contribution in [0.2, 0.25) is 0 Å². The lowest BCUT2D eigenvalue weighted by Crippen LogP contribution is -2.06. The molecule has 1 heterocycles. The number of ether oxygens (including phenoxy) is 2.